The first-order chi connectivity index (χ1) is 14.2. The second-order valence-electron chi connectivity index (χ2n) is 9.53. The molecule has 0 bridgehead atoms. The summed E-state index contributed by atoms with van der Waals surface area (Å²) in [5.74, 6) is -0.884. The Labute approximate surface area is 176 Å². The molecule has 2 unspecified atom stereocenters. The fourth-order valence-electron chi connectivity index (χ4n) is 5.51. The zero-order chi connectivity index (χ0) is 21.4. The Balaban J connectivity index is 1.80. The quantitative estimate of drug-likeness (QED) is 0.497. The topological polar surface area (TPSA) is 21.3 Å². The number of fused-ring (bicyclic) bond motifs is 5. The average Bonchev–Trinajstić information content (AvgIpc) is 2.98. The molecule has 0 saturated carbocycles. The molecule has 0 saturated heterocycles. The summed E-state index contributed by atoms with van der Waals surface area (Å²) in [6.45, 7) is 10.7. The van der Waals surface area contributed by atoms with Crippen LogP contribution in [0.1, 0.15) is 64.7 Å². The van der Waals surface area contributed by atoms with Crippen LogP contribution in [0.5, 0.6) is 5.75 Å². The van der Waals surface area contributed by atoms with Gasteiger partial charge in [-0.15, -0.1) is 0 Å². The van der Waals surface area contributed by atoms with Crippen molar-refractivity contribution in [2.75, 3.05) is 5.32 Å². The van der Waals surface area contributed by atoms with Crippen molar-refractivity contribution < 1.29 is 13.5 Å². The molecule has 0 radical (unpaired) electrons. The first-order valence-corrected chi connectivity index (χ1v) is 10.6. The summed E-state index contributed by atoms with van der Waals surface area (Å²) >= 11 is 0. The van der Waals surface area contributed by atoms with Crippen molar-refractivity contribution >= 4 is 11.3 Å². The third-order valence-electron chi connectivity index (χ3n) is 6.93. The fourth-order valence-corrected chi connectivity index (χ4v) is 5.51. The van der Waals surface area contributed by atoms with Gasteiger partial charge in [-0.05, 0) is 70.7 Å². The van der Waals surface area contributed by atoms with Gasteiger partial charge in [0.25, 0.3) is 0 Å². The minimum atomic E-state index is -0.638. The molecule has 0 amide bonds. The maximum absolute atomic E-state index is 14.8. The monoisotopic (exact) mass is 407 g/mol. The maximum Gasteiger partial charge on any atom is 0.168 e. The molecule has 1 N–H and O–H groups in total. The van der Waals surface area contributed by atoms with Crippen LogP contribution in [-0.4, -0.2) is 5.54 Å². The third-order valence-corrected chi connectivity index (χ3v) is 6.93. The van der Waals surface area contributed by atoms with E-state index in [4.69, 9.17) is 4.74 Å². The Bertz CT molecular complexity index is 1140. The van der Waals surface area contributed by atoms with Crippen LogP contribution in [0.15, 0.2) is 41.5 Å². The summed E-state index contributed by atoms with van der Waals surface area (Å²) in [5, 5.41) is 3.60. The zero-order valence-electron chi connectivity index (χ0n) is 18.1. The van der Waals surface area contributed by atoms with E-state index >= 15 is 0 Å². The van der Waals surface area contributed by atoms with Crippen molar-refractivity contribution in [2.24, 2.45) is 5.92 Å². The Morgan fingerprint density at radius 1 is 1.07 bits per heavy atom. The van der Waals surface area contributed by atoms with Crippen LogP contribution in [0, 0.1) is 17.6 Å². The number of ether oxygens (including phenoxy) is 1. The molecule has 2 aromatic carbocycles. The van der Waals surface area contributed by atoms with E-state index in [0.717, 1.165) is 46.9 Å². The van der Waals surface area contributed by atoms with Gasteiger partial charge in [0.05, 0.1) is 5.54 Å². The number of rotatable bonds is 1. The van der Waals surface area contributed by atoms with E-state index in [1.165, 1.54) is 17.2 Å². The SMILES string of the molecule is CC1=CC(C)(C)Nc2ccc3c(c21)C(C1CCC(C)=C1C)Oc1c(F)cc(F)cc1-3. The van der Waals surface area contributed by atoms with Gasteiger partial charge >= 0.3 is 0 Å². The summed E-state index contributed by atoms with van der Waals surface area (Å²) < 4.78 is 35.3. The molecule has 30 heavy (non-hydrogen) atoms. The lowest BCUT2D eigenvalue weighted by Gasteiger charge is -2.39. The molecule has 5 rings (SSSR count). The molecule has 0 aromatic heterocycles. The summed E-state index contributed by atoms with van der Waals surface area (Å²) in [5.41, 5.74) is 8.25. The van der Waals surface area contributed by atoms with E-state index in [9.17, 15) is 8.78 Å². The molecule has 2 aromatic rings. The maximum atomic E-state index is 14.8. The molecule has 2 aliphatic heterocycles. The van der Waals surface area contributed by atoms with Crippen molar-refractivity contribution in [3.05, 3.63) is 64.2 Å². The second-order valence-corrected chi connectivity index (χ2v) is 9.53. The number of allylic oxidation sites excluding steroid dienone is 2. The van der Waals surface area contributed by atoms with Crippen LogP contribution in [0.3, 0.4) is 0 Å². The van der Waals surface area contributed by atoms with Gasteiger partial charge < -0.3 is 10.1 Å². The van der Waals surface area contributed by atoms with Crippen LogP contribution in [0.4, 0.5) is 14.5 Å². The molecule has 2 nitrogen and oxygen atoms in total. The van der Waals surface area contributed by atoms with Crippen molar-refractivity contribution in [3.8, 4) is 16.9 Å². The first-order valence-electron chi connectivity index (χ1n) is 10.6. The van der Waals surface area contributed by atoms with Gasteiger partial charge in [0, 0.05) is 34.4 Å². The minimum Gasteiger partial charge on any atom is -0.481 e. The number of halogens is 2. The molecule has 2 heterocycles. The Morgan fingerprint density at radius 3 is 2.53 bits per heavy atom. The molecule has 156 valence electrons. The smallest absolute Gasteiger partial charge is 0.168 e. The normalized spacial score (nSPS) is 23.8. The Hall–Kier alpha value is -2.62. The Morgan fingerprint density at radius 2 is 1.83 bits per heavy atom. The molecule has 0 spiro atoms. The van der Waals surface area contributed by atoms with E-state index in [-0.39, 0.29) is 23.3 Å². The molecule has 0 fully saturated rings. The molecule has 4 heteroatoms. The number of nitrogens with one attached hydrogen (secondary N) is 1. The van der Waals surface area contributed by atoms with Gasteiger partial charge in [-0.1, -0.05) is 23.3 Å². The standard InChI is InChI=1S/C26H27F2NO/c1-13-6-7-17(15(13)3)25-23-18(19-10-16(27)11-20(28)24(19)30-25)8-9-21-22(23)14(2)12-26(4,5)29-21/h8-12,17,25,29H,6-7H2,1-5H3. The lowest BCUT2D eigenvalue weighted by Crippen LogP contribution is -2.33. The number of hydrogen-bond acceptors (Lipinski definition) is 2. The van der Waals surface area contributed by atoms with E-state index in [0.29, 0.717) is 5.56 Å². The van der Waals surface area contributed by atoms with E-state index < -0.39 is 11.6 Å². The summed E-state index contributed by atoms with van der Waals surface area (Å²) in [4.78, 5) is 0. The van der Waals surface area contributed by atoms with Crippen molar-refractivity contribution in [1.82, 2.24) is 0 Å². The lowest BCUT2D eigenvalue weighted by atomic mass is 9.77. The van der Waals surface area contributed by atoms with E-state index in [1.807, 2.05) is 12.1 Å². The van der Waals surface area contributed by atoms with Gasteiger partial charge in [-0.3, -0.25) is 0 Å². The highest BCUT2D eigenvalue weighted by Crippen LogP contribution is 2.54. The lowest BCUT2D eigenvalue weighted by molar-refractivity contribution is 0.142. The van der Waals surface area contributed by atoms with Crippen LogP contribution >= 0.6 is 0 Å². The number of hydrogen-bond donors (Lipinski definition) is 1. The van der Waals surface area contributed by atoms with Gasteiger partial charge in [-0.25, -0.2) is 8.78 Å². The highest BCUT2D eigenvalue weighted by atomic mass is 19.1. The van der Waals surface area contributed by atoms with Crippen LogP contribution < -0.4 is 10.1 Å². The minimum absolute atomic E-state index is 0.160. The Kier molecular flexibility index (Phi) is 4.15. The zero-order valence-corrected chi connectivity index (χ0v) is 18.1. The third kappa shape index (κ3) is 2.80. The van der Waals surface area contributed by atoms with Gasteiger partial charge in [0.2, 0.25) is 0 Å². The summed E-state index contributed by atoms with van der Waals surface area (Å²) in [6.07, 6.45) is 3.92. The molecular weight excluding hydrogens is 380 g/mol. The van der Waals surface area contributed by atoms with Crippen molar-refractivity contribution in [3.63, 3.8) is 0 Å². The van der Waals surface area contributed by atoms with Crippen LogP contribution in [-0.2, 0) is 0 Å². The molecular formula is C26H27F2NO. The van der Waals surface area contributed by atoms with E-state index in [1.54, 1.807) is 0 Å². The van der Waals surface area contributed by atoms with Gasteiger partial charge in [0.15, 0.2) is 11.6 Å². The largest absolute Gasteiger partial charge is 0.481 e. The summed E-state index contributed by atoms with van der Waals surface area (Å²) in [6, 6.07) is 6.33. The fraction of sp³-hybridized carbons (Fsp3) is 0.385. The second kappa shape index (κ2) is 6.44. The number of benzene rings is 2. The highest BCUT2D eigenvalue weighted by molar-refractivity contribution is 5.89. The molecule has 3 aliphatic rings. The average molecular weight is 408 g/mol. The van der Waals surface area contributed by atoms with Crippen LogP contribution in [0.25, 0.3) is 16.7 Å². The molecule has 1 aliphatic carbocycles. The van der Waals surface area contributed by atoms with Crippen molar-refractivity contribution in [2.45, 2.75) is 59.1 Å². The first kappa shape index (κ1) is 19.3. The number of anilines is 1. The van der Waals surface area contributed by atoms with Gasteiger partial charge in [0.1, 0.15) is 11.9 Å². The summed E-state index contributed by atoms with van der Waals surface area (Å²) in [7, 11) is 0. The highest BCUT2D eigenvalue weighted by Gasteiger charge is 2.40. The van der Waals surface area contributed by atoms with E-state index in [2.05, 4.69) is 46.0 Å². The van der Waals surface area contributed by atoms with Gasteiger partial charge in [-0.2, -0.15) is 0 Å². The van der Waals surface area contributed by atoms with Crippen molar-refractivity contribution in [1.29, 1.82) is 0 Å². The molecule has 2 atom stereocenters. The predicted octanol–water partition coefficient (Wildman–Crippen LogP) is 7.42. The van der Waals surface area contributed by atoms with Crippen LogP contribution in [0.2, 0.25) is 0 Å². The predicted molar refractivity (Wildman–Crippen MR) is 118 cm³/mol.